The number of carbonyl (C=O) groups excluding carboxylic acids is 2. The van der Waals surface area contributed by atoms with Gasteiger partial charge in [-0.05, 0) is 55.5 Å². The summed E-state index contributed by atoms with van der Waals surface area (Å²) in [5.74, 6) is 0.530. The van der Waals surface area contributed by atoms with Gasteiger partial charge in [0.05, 0.1) is 16.8 Å². The molecule has 0 saturated heterocycles. The minimum Gasteiger partial charge on any atom is -0.487 e. The summed E-state index contributed by atoms with van der Waals surface area (Å²) in [6.45, 7) is 1.87. The zero-order chi connectivity index (χ0) is 17.6. The Bertz CT molecular complexity index is 855. The van der Waals surface area contributed by atoms with Crippen LogP contribution in [0.5, 0.6) is 11.5 Å². The normalized spacial score (nSPS) is 10.3. The predicted octanol–water partition coefficient (Wildman–Crippen LogP) is 4.14. The average Bonchev–Trinajstić information content (AvgIpc) is 3.14. The molecule has 0 bridgehead atoms. The lowest BCUT2D eigenvalue weighted by Crippen LogP contribution is -2.08. The molecule has 3 aromatic rings. The number of esters is 1. The van der Waals surface area contributed by atoms with E-state index in [9.17, 15) is 9.59 Å². The van der Waals surface area contributed by atoms with E-state index in [0.717, 1.165) is 5.69 Å². The van der Waals surface area contributed by atoms with Crippen molar-refractivity contribution in [3.8, 4) is 11.5 Å². The highest BCUT2D eigenvalue weighted by atomic mass is 32.1. The molecule has 0 unspecified atom stereocenters. The van der Waals surface area contributed by atoms with Crippen molar-refractivity contribution >= 4 is 23.1 Å². The molecule has 1 heterocycles. The van der Waals surface area contributed by atoms with Crippen molar-refractivity contribution in [2.45, 2.75) is 13.5 Å². The zero-order valence-corrected chi connectivity index (χ0v) is 14.3. The van der Waals surface area contributed by atoms with Gasteiger partial charge in [-0.1, -0.05) is 0 Å². The van der Waals surface area contributed by atoms with Crippen LogP contribution in [0.15, 0.2) is 59.4 Å². The van der Waals surface area contributed by atoms with Gasteiger partial charge in [-0.15, -0.1) is 11.3 Å². The number of rotatable bonds is 6. The van der Waals surface area contributed by atoms with Gasteiger partial charge in [-0.3, -0.25) is 4.79 Å². The van der Waals surface area contributed by atoms with Crippen LogP contribution < -0.4 is 9.47 Å². The average molecular weight is 353 g/mol. The van der Waals surface area contributed by atoms with E-state index in [2.05, 4.69) is 4.98 Å². The first-order chi connectivity index (χ1) is 12.1. The van der Waals surface area contributed by atoms with Crippen molar-refractivity contribution in [3.63, 3.8) is 0 Å². The highest BCUT2D eigenvalue weighted by molar-refractivity contribution is 7.07. The van der Waals surface area contributed by atoms with Gasteiger partial charge in [0, 0.05) is 10.9 Å². The quantitative estimate of drug-likeness (QED) is 0.378. The van der Waals surface area contributed by atoms with Crippen molar-refractivity contribution in [1.82, 2.24) is 4.98 Å². The van der Waals surface area contributed by atoms with Crippen LogP contribution in [0.1, 0.15) is 33.3 Å². The van der Waals surface area contributed by atoms with E-state index in [1.165, 1.54) is 18.3 Å². The Morgan fingerprint density at radius 3 is 2.20 bits per heavy atom. The highest BCUT2D eigenvalue weighted by Crippen LogP contribution is 2.18. The van der Waals surface area contributed by atoms with Gasteiger partial charge < -0.3 is 9.47 Å². The summed E-state index contributed by atoms with van der Waals surface area (Å²) in [6.07, 6.45) is 0. The van der Waals surface area contributed by atoms with Crippen LogP contribution in [0.25, 0.3) is 0 Å². The molecule has 6 heteroatoms. The molecule has 0 atom stereocenters. The highest BCUT2D eigenvalue weighted by Gasteiger charge is 2.09. The molecule has 0 amide bonds. The molecule has 2 aromatic carbocycles. The first-order valence-corrected chi connectivity index (χ1v) is 8.49. The zero-order valence-electron chi connectivity index (χ0n) is 13.5. The monoisotopic (exact) mass is 353 g/mol. The first kappa shape index (κ1) is 16.9. The number of carbonyl (C=O) groups is 2. The summed E-state index contributed by atoms with van der Waals surface area (Å²) in [5.41, 5.74) is 3.60. The maximum atomic E-state index is 12.2. The van der Waals surface area contributed by atoms with E-state index in [1.54, 1.807) is 54.0 Å². The second-order valence-electron chi connectivity index (χ2n) is 5.26. The van der Waals surface area contributed by atoms with Gasteiger partial charge in [-0.2, -0.15) is 0 Å². The van der Waals surface area contributed by atoms with Crippen LogP contribution in [0, 0.1) is 0 Å². The van der Waals surface area contributed by atoms with Gasteiger partial charge in [0.15, 0.2) is 5.78 Å². The maximum Gasteiger partial charge on any atom is 0.343 e. The van der Waals surface area contributed by atoms with Crippen molar-refractivity contribution < 1.29 is 19.1 Å². The Balaban J connectivity index is 1.59. The summed E-state index contributed by atoms with van der Waals surface area (Å²) in [5, 5.41) is 1.92. The number of aromatic nitrogens is 1. The molecule has 0 saturated carbocycles. The molecule has 5 nitrogen and oxygen atoms in total. The number of thiazole rings is 1. The van der Waals surface area contributed by atoms with Crippen LogP contribution in [0.2, 0.25) is 0 Å². The molecule has 0 spiro atoms. The fourth-order valence-corrected chi connectivity index (χ4v) is 2.62. The van der Waals surface area contributed by atoms with Crippen LogP contribution in [0.4, 0.5) is 0 Å². The number of ether oxygens (including phenoxy) is 2. The number of hydrogen-bond donors (Lipinski definition) is 0. The largest absolute Gasteiger partial charge is 0.487 e. The third-order valence-electron chi connectivity index (χ3n) is 3.43. The molecule has 126 valence electrons. The lowest BCUT2D eigenvalue weighted by molar-refractivity contribution is 0.0734. The van der Waals surface area contributed by atoms with E-state index >= 15 is 0 Å². The number of benzene rings is 2. The molecule has 25 heavy (non-hydrogen) atoms. The first-order valence-electron chi connectivity index (χ1n) is 7.55. The van der Waals surface area contributed by atoms with Gasteiger partial charge in [0.1, 0.15) is 18.1 Å². The van der Waals surface area contributed by atoms with E-state index in [-0.39, 0.29) is 5.78 Å². The van der Waals surface area contributed by atoms with E-state index in [4.69, 9.17) is 9.47 Å². The van der Waals surface area contributed by atoms with Crippen LogP contribution >= 0.6 is 11.3 Å². The van der Waals surface area contributed by atoms with Gasteiger partial charge in [0.2, 0.25) is 0 Å². The summed E-state index contributed by atoms with van der Waals surface area (Å²) in [4.78, 5) is 27.5. The molecule has 3 rings (SSSR count). The Morgan fingerprint density at radius 1 is 0.960 bits per heavy atom. The standard InChI is InChI=1S/C19H15NO4S/c1-13(21)14-2-8-18(9-3-14)24-19(22)15-4-6-17(7-5-15)23-10-16-11-25-12-20-16/h2-9,11-12H,10H2,1H3. The number of hydrogen-bond acceptors (Lipinski definition) is 6. The fraction of sp³-hybridized carbons (Fsp3) is 0.105. The van der Waals surface area contributed by atoms with Crippen molar-refractivity contribution in [1.29, 1.82) is 0 Å². The SMILES string of the molecule is CC(=O)c1ccc(OC(=O)c2ccc(OCc3cscn3)cc2)cc1. The smallest absolute Gasteiger partial charge is 0.343 e. The maximum absolute atomic E-state index is 12.2. The minimum atomic E-state index is -0.471. The minimum absolute atomic E-state index is 0.0360. The summed E-state index contributed by atoms with van der Waals surface area (Å²) < 4.78 is 10.9. The molecule has 0 fully saturated rings. The molecular weight excluding hydrogens is 338 g/mol. The number of Topliss-reactive ketones (excluding diaryl/α,β-unsaturated/α-hetero) is 1. The number of nitrogens with zero attached hydrogens (tertiary/aromatic N) is 1. The van der Waals surface area contributed by atoms with Crippen LogP contribution in [-0.4, -0.2) is 16.7 Å². The van der Waals surface area contributed by atoms with Crippen LogP contribution in [0.3, 0.4) is 0 Å². The van der Waals surface area contributed by atoms with E-state index < -0.39 is 5.97 Å². The Kier molecular flexibility index (Phi) is 5.20. The van der Waals surface area contributed by atoms with Gasteiger partial charge in [0.25, 0.3) is 0 Å². The third-order valence-corrected chi connectivity index (χ3v) is 4.07. The summed E-state index contributed by atoms with van der Waals surface area (Å²) >= 11 is 1.51. The lowest BCUT2D eigenvalue weighted by atomic mass is 10.1. The van der Waals surface area contributed by atoms with Gasteiger partial charge >= 0.3 is 5.97 Å². The van der Waals surface area contributed by atoms with Crippen molar-refractivity contribution in [2.24, 2.45) is 0 Å². The Labute approximate surface area is 148 Å². The molecule has 0 aliphatic rings. The van der Waals surface area contributed by atoms with Crippen LogP contribution in [-0.2, 0) is 6.61 Å². The molecular formula is C19H15NO4S. The Hall–Kier alpha value is -2.99. The van der Waals surface area contributed by atoms with E-state index in [0.29, 0.717) is 29.2 Å². The fourth-order valence-electron chi connectivity index (χ4n) is 2.08. The molecule has 0 radical (unpaired) electrons. The second kappa shape index (κ2) is 7.72. The van der Waals surface area contributed by atoms with Crippen molar-refractivity contribution in [2.75, 3.05) is 0 Å². The Morgan fingerprint density at radius 2 is 1.60 bits per heavy atom. The topological polar surface area (TPSA) is 65.5 Å². The number of ketones is 1. The summed E-state index contributed by atoms with van der Waals surface area (Å²) in [7, 11) is 0. The molecule has 0 N–H and O–H groups in total. The van der Waals surface area contributed by atoms with Gasteiger partial charge in [-0.25, -0.2) is 9.78 Å². The summed E-state index contributed by atoms with van der Waals surface area (Å²) in [6, 6.07) is 13.1. The predicted molar refractivity (Wildman–Crippen MR) is 94.3 cm³/mol. The van der Waals surface area contributed by atoms with Crippen molar-refractivity contribution in [3.05, 3.63) is 76.2 Å². The third kappa shape index (κ3) is 4.51. The second-order valence-corrected chi connectivity index (χ2v) is 5.98. The molecule has 1 aromatic heterocycles. The lowest BCUT2D eigenvalue weighted by Gasteiger charge is -2.07. The van der Waals surface area contributed by atoms with E-state index in [1.807, 2.05) is 5.38 Å². The molecule has 0 aliphatic heterocycles. The molecule has 0 aliphatic carbocycles.